The summed E-state index contributed by atoms with van der Waals surface area (Å²) in [4.78, 5) is 36.8. The second-order valence-electron chi connectivity index (χ2n) is 9.46. The second-order valence-corrected chi connectivity index (χ2v) is 9.46. The number of piperazine rings is 1. The molecule has 0 unspecified atom stereocenters. The van der Waals surface area contributed by atoms with Crippen molar-refractivity contribution in [3.05, 3.63) is 66.0 Å². The van der Waals surface area contributed by atoms with Crippen molar-refractivity contribution in [2.24, 2.45) is 0 Å². The zero-order valence-corrected chi connectivity index (χ0v) is 21.3. The van der Waals surface area contributed by atoms with Crippen molar-refractivity contribution in [2.45, 2.75) is 12.8 Å². The molecule has 4 heterocycles. The Morgan fingerprint density at radius 2 is 1.38 bits per heavy atom. The van der Waals surface area contributed by atoms with Gasteiger partial charge in [0.2, 0.25) is 23.8 Å². The number of carbonyl (C=O) groups is 1. The van der Waals surface area contributed by atoms with Crippen LogP contribution in [0.15, 0.2) is 54.6 Å². The number of benzene rings is 2. The van der Waals surface area contributed by atoms with Gasteiger partial charge in [-0.2, -0.15) is 15.0 Å². The number of anilines is 2. The van der Waals surface area contributed by atoms with Crippen LogP contribution >= 0.6 is 0 Å². The Labute approximate surface area is 223 Å². The van der Waals surface area contributed by atoms with Gasteiger partial charge in [0.15, 0.2) is 5.82 Å². The summed E-state index contributed by atoms with van der Waals surface area (Å²) in [6.07, 6.45) is -2.47. The number of ether oxygens (including phenoxy) is 1. The van der Waals surface area contributed by atoms with E-state index in [-0.39, 0.29) is 11.9 Å². The summed E-state index contributed by atoms with van der Waals surface area (Å²) in [5.74, 6) is 0.525. The van der Waals surface area contributed by atoms with E-state index < -0.39 is 12.2 Å². The lowest BCUT2D eigenvalue weighted by molar-refractivity contribution is -0.130. The van der Waals surface area contributed by atoms with E-state index in [1.165, 1.54) is 4.57 Å². The summed E-state index contributed by atoms with van der Waals surface area (Å²) in [7, 11) is 0. The summed E-state index contributed by atoms with van der Waals surface area (Å²) in [5.41, 5.74) is 1.91. The lowest BCUT2D eigenvalue weighted by Crippen LogP contribution is -2.50. The second kappa shape index (κ2) is 10.9. The molecule has 2 aromatic carbocycles. The molecule has 6 rings (SSSR count). The molecule has 0 spiro atoms. The van der Waals surface area contributed by atoms with E-state index in [1.807, 2.05) is 45.0 Å². The highest BCUT2D eigenvalue weighted by molar-refractivity contribution is 5.79. The lowest BCUT2D eigenvalue weighted by Gasteiger charge is -2.35. The molecule has 2 aliphatic rings. The maximum atomic E-state index is 14.1. The van der Waals surface area contributed by atoms with Crippen molar-refractivity contribution >= 4 is 28.8 Å². The molecule has 202 valence electrons. The number of fused-ring (bicyclic) bond motifs is 1. The molecule has 0 N–H and O–H groups in total. The molecule has 0 saturated carbocycles. The summed E-state index contributed by atoms with van der Waals surface area (Å²) >= 11 is 0. The summed E-state index contributed by atoms with van der Waals surface area (Å²) < 4.78 is 35.0. The van der Waals surface area contributed by atoms with Gasteiger partial charge in [-0.05, 0) is 17.7 Å². The van der Waals surface area contributed by atoms with Crippen LogP contribution in [0.3, 0.4) is 0 Å². The minimum absolute atomic E-state index is 0.0673. The Morgan fingerprint density at radius 1 is 0.769 bits per heavy atom. The first kappa shape index (κ1) is 25.1. The van der Waals surface area contributed by atoms with Crippen molar-refractivity contribution in [3.63, 3.8) is 0 Å². The molecule has 2 saturated heterocycles. The van der Waals surface area contributed by atoms with E-state index in [1.54, 1.807) is 24.3 Å². The number of morpholine rings is 1. The number of rotatable bonds is 6. The highest BCUT2D eigenvalue weighted by Gasteiger charge is 2.27. The molecule has 2 aromatic heterocycles. The average Bonchev–Trinajstić information content (AvgIpc) is 3.38. The standard InChI is InChI=1S/C27H28F2N8O2/c28-23(29)24-30-20-8-4-5-9-21(20)37(24)27-32-25(31-26(33-27)36-14-16-39-17-15-36)35-12-10-34(11-13-35)22(38)18-19-6-2-1-3-7-19/h1-9,23H,10-18H2. The number of hydrogen-bond acceptors (Lipinski definition) is 8. The maximum absolute atomic E-state index is 14.1. The number of nitrogens with zero attached hydrogens (tertiary/aromatic N) is 8. The minimum atomic E-state index is -2.82. The first-order chi connectivity index (χ1) is 19.1. The van der Waals surface area contributed by atoms with E-state index in [0.717, 1.165) is 5.56 Å². The van der Waals surface area contributed by atoms with E-state index in [4.69, 9.17) is 9.72 Å². The molecular weight excluding hydrogens is 506 g/mol. The molecule has 12 heteroatoms. The van der Waals surface area contributed by atoms with Gasteiger partial charge < -0.3 is 19.4 Å². The van der Waals surface area contributed by atoms with E-state index in [9.17, 15) is 13.6 Å². The van der Waals surface area contributed by atoms with Gasteiger partial charge in [-0.15, -0.1) is 0 Å². The van der Waals surface area contributed by atoms with Crippen LogP contribution in [0.25, 0.3) is 17.0 Å². The third-order valence-electron chi connectivity index (χ3n) is 6.99. The minimum Gasteiger partial charge on any atom is -0.378 e. The van der Waals surface area contributed by atoms with Crippen molar-refractivity contribution < 1.29 is 18.3 Å². The van der Waals surface area contributed by atoms with Gasteiger partial charge in [0.25, 0.3) is 6.43 Å². The Hall–Kier alpha value is -4.19. The molecule has 0 bridgehead atoms. The molecule has 2 fully saturated rings. The molecule has 0 atom stereocenters. The zero-order valence-electron chi connectivity index (χ0n) is 21.3. The summed E-state index contributed by atoms with van der Waals surface area (Å²) in [5, 5.41) is 0. The molecule has 0 radical (unpaired) electrons. The van der Waals surface area contributed by atoms with Gasteiger partial charge in [0, 0.05) is 39.3 Å². The van der Waals surface area contributed by atoms with Crippen LogP contribution in [0, 0.1) is 0 Å². The zero-order chi connectivity index (χ0) is 26.8. The predicted molar refractivity (Wildman–Crippen MR) is 141 cm³/mol. The number of para-hydroxylation sites is 2. The van der Waals surface area contributed by atoms with E-state index in [0.29, 0.717) is 81.8 Å². The van der Waals surface area contributed by atoms with Crippen molar-refractivity contribution in [3.8, 4) is 5.95 Å². The van der Waals surface area contributed by atoms with Gasteiger partial charge >= 0.3 is 0 Å². The van der Waals surface area contributed by atoms with Crippen LogP contribution in [0.4, 0.5) is 20.7 Å². The molecule has 39 heavy (non-hydrogen) atoms. The smallest absolute Gasteiger partial charge is 0.296 e. The fraction of sp³-hybridized carbons (Fsp3) is 0.370. The fourth-order valence-electron chi connectivity index (χ4n) is 4.93. The van der Waals surface area contributed by atoms with Gasteiger partial charge in [-0.3, -0.25) is 9.36 Å². The molecule has 0 aliphatic carbocycles. The Bertz CT molecular complexity index is 1450. The molecule has 4 aromatic rings. The number of halogens is 2. The van der Waals surface area contributed by atoms with Gasteiger partial charge in [-0.25, -0.2) is 13.8 Å². The summed E-state index contributed by atoms with van der Waals surface area (Å²) in [6.45, 7) is 4.25. The quantitative estimate of drug-likeness (QED) is 0.373. The first-order valence-electron chi connectivity index (χ1n) is 13.0. The van der Waals surface area contributed by atoms with Crippen LogP contribution in [-0.2, 0) is 16.0 Å². The lowest BCUT2D eigenvalue weighted by atomic mass is 10.1. The molecular formula is C27H28F2N8O2. The predicted octanol–water partition coefficient (Wildman–Crippen LogP) is 2.88. The van der Waals surface area contributed by atoms with Crippen LogP contribution in [0.1, 0.15) is 17.8 Å². The Morgan fingerprint density at radius 3 is 2.08 bits per heavy atom. The number of amides is 1. The average molecular weight is 535 g/mol. The number of alkyl halides is 2. The van der Waals surface area contributed by atoms with Gasteiger partial charge in [0.1, 0.15) is 0 Å². The molecule has 1 amide bonds. The summed E-state index contributed by atoms with van der Waals surface area (Å²) in [6, 6.07) is 16.6. The van der Waals surface area contributed by atoms with Crippen LogP contribution in [0.2, 0.25) is 0 Å². The highest BCUT2D eigenvalue weighted by Crippen LogP contribution is 2.28. The monoisotopic (exact) mass is 534 g/mol. The highest BCUT2D eigenvalue weighted by atomic mass is 19.3. The van der Waals surface area contributed by atoms with E-state index in [2.05, 4.69) is 15.0 Å². The largest absolute Gasteiger partial charge is 0.378 e. The van der Waals surface area contributed by atoms with Crippen LogP contribution in [-0.4, -0.2) is 87.8 Å². The number of imidazole rings is 1. The Balaban J connectivity index is 1.31. The van der Waals surface area contributed by atoms with Crippen molar-refractivity contribution in [1.29, 1.82) is 0 Å². The number of aromatic nitrogens is 5. The maximum Gasteiger partial charge on any atom is 0.296 e. The number of hydrogen-bond donors (Lipinski definition) is 0. The van der Waals surface area contributed by atoms with Crippen molar-refractivity contribution in [2.75, 3.05) is 62.3 Å². The first-order valence-corrected chi connectivity index (χ1v) is 13.0. The normalized spacial score (nSPS) is 16.3. The van der Waals surface area contributed by atoms with Gasteiger partial charge in [0.05, 0.1) is 30.7 Å². The fourth-order valence-corrected chi connectivity index (χ4v) is 4.93. The van der Waals surface area contributed by atoms with Crippen LogP contribution < -0.4 is 9.80 Å². The van der Waals surface area contributed by atoms with Crippen LogP contribution in [0.5, 0.6) is 0 Å². The SMILES string of the molecule is O=C(Cc1ccccc1)N1CCN(c2nc(N3CCOCC3)nc(-n3c(C(F)F)nc4ccccc43)n2)CC1. The third kappa shape index (κ3) is 5.24. The van der Waals surface area contributed by atoms with Gasteiger partial charge in [-0.1, -0.05) is 42.5 Å². The third-order valence-corrected chi connectivity index (χ3v) is 6.99. The molecule has 2 aliphatic heterocycles. The van der Waals surface area contributed by atoms with Crippen molar-refractivity contribution in [1.82, 2.24) is 29.4 Å². The topological polar surface area (TPSA) is 92.5 Å². The Kier molecular flexibility index (Phi) is 7.01. The number of carbonyl (C=O) groups excluding carboxylic acids is 1. The van der Waals surface area contributed by atoms with E-state index >= 15 is 0 Å². The molecule has 10 nitrogen and oxygen atoms in total.